The molecule has 0 aliphatic carbocycles. The number of nitrogen functional groups attached to an aromatic ring is 1. The largest absolute Gasteiger partial charge is 0.383 e. The van der Waals surface area contributed by atoms with Gasteiger partial charge in [-0.25, -0.2) is 9.97 Å². The molecule has 2 aromatic rings. The first-order valence-electron chi connectivity index (χ1n) is 5.24. The van der Waals surface area contributed by atoms with Crippen LogP contribution in [-0.2, 0) is 0 Å². The molecular weight excluding hydrogens is 198 g/mol. The van der Waals surface area contributed by atoms with Crippen LogP contribution in [0.25, 0.3) is 11.1 Å². The van der Waals surface area contributed by atoms with Gasteiger partial charge >= 0.3 is 0 Å². The second-order valence-corrected chi connectivity index (χ2v) is 4.04. The number of benzene rings is 1. The number of nitrogens with zero attached hydrogens (tertiary/aromatic N) is 2. The molecule has 0 unspecified atom stereocenters. The van der Waals surface area contributed by atoms with Gasteiger partial charge in [-0.3, -0.25) is 0 Å². The third kappa shape index (κ3) is 1.76. The number of hydrogen-bond acceptors (Lipinski definition) is 3. The van der Waals surface area contributed by atoms with E-state index >= 15 is 0 Å². The Morgan fingerprint density at radius 2 is 1.81 bits per heavy atom. The highest BCUT2D eigenvalue weighted by atomic mass is 14.9. The van der Waals surface area contributed by atoms with E-state index in [1.807, 2.05) is 6.92 Å². The molecule has 1 aromatic carbocycles. The summed E-state index contributed by atoms with van der Waals surface area (Å²) in [5.74, 6) is 0.541. The fraction of sp³-hybridized carbons (Fsp3) is 0.231. The number of anilines is 1. The molecule has 2 N–H and O–H groups in total. The molecular formula is C13H15N3. The lowest BCUT2D eigenvalue weighted by molar-refractivity contribution is 1.11. The first kappa shape index (κ1) is 10.6. The highest BCUT2D eigenvalue weighted by molar-refractivity contribution is 5.78. The summed E-state index contributed by atoms with van der Waals surface area (Å²) in [5.41, 5.74) is 11.3. The van der Waals surface area contributed by atoms with Gasteiger partial charge in [0.05, 0.1) is 5.69 Å². The Labute approximate surface area is 95.4 Å². The van der Waals surface area contributed by atoms with Crippen LogP contribution in [0.5, 0.6) is 0 Å². The Balaban J connectivity index is 2.68. The van der Waals surface area contributed by atoms with Crippen LogP contribution in [0.3, 0.4) is 0 Å². The van der Waals surface area contributed by atoms with Crippen molar-refractivity contribution in [1.82, 2.24) is 9.97 Å². The predicted octanol–water partition coefficient (Wildman–Crippen LogP) is 2.65. The lowest BCUT2D eigenvalue weighted by Gasteiger charge is -2.11. The SMILES string of the molecule is Cc1ccc(-c2c(C)ncnc2N)c(C)c1. The molecule has 0 saturated heterocycles. The molecule has 1 heterocycles. The Bertz CT molecular complexity index is 512. The molecule has 0 saturated carbocycles. The number of nitrogens with two attached hydrogens (primary N) is 1. The van der Waals surface area contributed by atoms with Crippen LogP contribution in [-0.4, -0.2) is 9.97 Å². The average Bonchev–Trinajstić information content (AvgIpc) is 2.20. The molecule has 0 aliphatic rings. The molecule has 2 rings (SSSR count). The van der Waals surface area contributed by atoms with Gasteiger partial charge in [0.2, 0.25) is 0 Å². The van der Waals surface area contributed by atoms with Crippen LogP contribution in [0.2, 0.25) is 0 Å². The number of aromatic nitrogens is 2. The molecule has 0 atom stereocenters. The van der Waals surface area contributed by atoms with Crippen molar-refractivity contribution in [3.8, 4) is 11.1 Å². The summed E-state index contributed by atoms with van der Waals surface area (Å²) in [6, 6.07) is 6.29. The van der Waals surface area contributed by atoms with Gasteiger partial charge in [-0.2, -0.15) is 0 Å². The Hall–Kier alpha value is -1.90. The first-order valence-corrected chi connectivity index (χ1v) is 5.24. The molecule has 16 heavy (non-hydrogen) atoms. The van der Waals surface area contributed by atoms with E-state index in [4.69, 9.17) is 5.73 Å². The molecule has 3 heteroatoms. The number of aryl methyl sites for hydroxylation is 3. The molecule has 0 bridgehead atoms. The highest BCUT2D eigenvalue weighted by Crippen LogP contribution is 2.29. The van der Waals surface area contributed by atoms with Gasteiger partial charge in [0, 0.05) is 5.56 Å². The third-order valence-electron chi connectivity index (χ3n) is 2.72. The fourth-order valence-electron chi connectivity index (χ4n) is 1.92. The minimum absolute atomic E-state index is 0.541. The second kappa shape index (κ2) is 3.93. The van der Waals surface area contributed by atoms with Crippen molar-refractivity contribution in [2.45, 2.75) is 20.8 Å². The monoisotopic (exact) mass is 213 g/mol. The van der Waals surface area contributed by atoms with Crippen molar-refractivity contribution in [3.05, 3.63) is 41.3 Å². The number of rotatable bonds is 1. The van der Waals surface area contributed by atoms with Gasteiger partial charge < -0.3 is 5.73 Å². The molecule has 0 radical (unpaired) electrons. The van der Waals surface area contributed by atoms with E-state index in [9.17, 15) is 0 Å². The first-order chi connectivity index (χ1) is 7.59. The van der Waals surface area contributed by atoms with Crippen molar-refractivity contribution in [3.63, 3.8) is 0 Å². The Morgan fingerprint density at radius 3 is 2.44 bits per heavy atom. The molecule has 3 nitrogen and oxygen atoms in total. The maximum atomic E-state index is 5.91. The van der Waals surface area contributed by atoms with Gasteiger partial charge in [0.15, 0.2) is 0 Å². The summed E-state index contributed by atoms with van der Waals surface area (Å²) < 4.78 is 0. The maximum absolute atomic E-state index is 5.91. The average molecular weight is 213 g/mol. The Morgan fingerprint density at radius 1 is 1.06 bits per heavy atom. The van der Waals surface area contributed by atoms with E-state index in [-0.39, 0.29) is 0 Å². The van der Waals surface area contributed by atoms with E-state index in [1.165, 1.54) is 17.5 Å². The van der Waals surface area contributed by atoms with Crippen LogP contribution in [0.15, 0.2) is 24.5 Å². The number of hydrogen-bond donors (Lipinski definition) is 1. The second-order valence-electron chi connectivity index (χ2n) is 4.04. The zero-order chi connectivity index (χ0) is 11.7. The van der Waals surface area contributed by atoms with Gasteiger partial charge in [-0.15, -0.1) is 0 Å². The van der Waals surface area contributed by atoms with Crippen molar-refractivity contribution in [1.29, 1.82) is 0 Å². The summed E-state index contributed by atoms with van der Waals surface area (Å²) in [7, 11) is 0. The van der Waals surface area contributed by atoms with E-state index in [0.29, 0.717) is 5.82 Å². The summed E-state index contributed by atoms with van der Waals surface area (Å²) in [6.07, 6.45) is 1.50. The van der Waals surface area contributed by atoms with Crippen LogP contribution in [0.1, 0.15) is 16.8 Å². The van der Waals surface area contributed by atoms with E-state index in [2.05, 4.69) is 42.0 Å². The molecule has 0 aliphatic heterocycles. The van der Waals surface area contributed by atoms with Crippen LogP contribution in [0.4, 0.5) is 5.82 Å². The molecule has 1 aromatic heterocycles. The van der Waals surface area contributed by atoms with E-state index in [0.717, 1.165) is 16.8 Å². The maximum Gasteiger partial charge on any atom is 0.134 e. The molecule has 0 fully saturated rings. The van der Waals surface area contributed by atoms with Gasteiger partial charge in [-0.1, -0.05) is 23.8 Å². The summed E-state index contributed by atoms with van der Waals surface area (Å²) in [4.78, 5) is 8.24. The standard InChI is InChI=1S/C13H15N3/c1-8-4-5-11(9(2)6-8)12-10(3)15-7-16-13(12)14/h4-7H,1-3H3,(H2,14,15,16). The van der Waals surface area contributed by atoms with Gasteiger partial charge in [0.25, 0.3) is 0 Å². The molecule has 0 spiro atoms. The smallest absolute Gasteiger partial charge is 0.134 e. The molecule has 82 valence electrons. The van der Waals surface area contributed by atoms with E-state index < -0.39 is 0 Å². The summed E-state index contributed by atoms with van der Waals surface area (Å²) in [6.45, 7) is 6.11. The topological polar surface area (TPSA) is 51.8 Å². The fourth-order valence-corrected chi connectivity index (χ4v) is 1.92. The van der Waals surface area contributed by atoms with Crippen molar-refractivity contribution in [2.24, 2.45) is 0 Å². The van der Waals surface area contributed by atoms with Crippen LogP contribution >= 0.6 is 0 Å². The normalized spacial score (nSPS) is 10.4. The van der Waals surface area contributed by atoms with Crippen molar-refractivity contribution >= 4 is 5.82 Å². The third-order valence-corrected chi connectivity index (χ3v) is 2.72. The zero-order valence-electron chi connectivity index (χ0n) is 9.78. The summed E-state index contributed by atoms with van der Waals surface area (Å²) in [5, 5.41) is 0. The van der Waals surface area contributed by atoms with E-state index in [1.54, 1.807) is 0 Å². The zero-order valence-corrected chi connectivity index (χ0v) is 9.78. The minimum atomic E-state index is 0.541. The van der Waals surface area contributed by atoms with Crippen LogP contribution < -0.4 is 5.73 Å². The predicted molar refractivity (Wildman–Crippen MR) is 66.1 cm³/mol. The highest BCUT2D eigenvalue weighted by Gasteiger charge is 2.10. The van der Waals surface area contributed by atoms with Gasteiger partial charge in [-0.05, 0) is 31.9 Å². The summed E-state index contributed by atoms with van der Waals surface area (Å²) >= 11 is 0. The van der Waals surface area contributed by atoms with Crippen LogP contribution in [0, 0.1) is 20.8 Å². The Kier molecular flexibility index (Phi) is 2.60. The van der Waals surface area contributed by atoms with Crippen molar-refractivity contribution in [2.75, 3.05) is 5.73 Å². The lowest BCUT2D eigenvalue weighted by Crippen LogP contribution is -1.99. The van der Waals surface area contributed by atoms with Gasteiger partial charge in [0.1, 0.15) is 12.1 Å². The van der Waals surface area contributed by atoms with Crippen molar-refractivity contribution < 1.29 is 0 Å². The molecule has 0 amide bonds. The minimum Gasteiger partial charge on any atom is -0.383 e. The quantitative estimate of drug-likeness (QED) is 0.792. The lowest BCUT2D eigenvalue weighted by atomic mass is 9.98.